The largest absolute Gasteiger partial charge is 0.469 e. The first-order valence-corrected chi connectivity index (χ1v) is 5.71. The minimum absolute atomic E-state index is 0.0638. The average molecular weight is 274 g/mol. The van der Waals surface area contributed by atoms with Gasteiger partial charge in [0.2, 0.25) is 0 Å². The van der Waals surface area contributed by atoms with Crippen LogP contribution in [0.2, 0.25) is 0 Å². The molecular weight excluding hydrogens is 258 g/mol. The molecule has 0 unspecified atom stereocenters. The van der Waals surface area contributed by atoms with Crippen LogP contribution >= 0.6 is 0 Å². The van der Waals surface area contributed by atoms with Crippen LogP contribution in [0.25, 0.3) is 0 Å². The lowest BCUT2D eigenvalue weighted by Crippen LogP contribution is -2.31. The van der Waals surface area contributed by atoms with Crippen molar-refractivity contribution in [1.29, 1.82) is 0 Å². The van der Waals surface area contributed by atoms with E-state index in [1.165, 1.54) is 42.0 Å². The van der Waals surface area contributed by atoms with Gasteiger partial charge in [0.05, 0.1) is 20.1 Å². The zero-order chi connectivity index (χ0) is 14.4. The highest BCUT2D eigenvalue weighted by Gasteiger charge is 2.18. The topological polar surface area (TPSA) is 51.5 Å². The monoisotopic (exact) mass is 274 g/mol. The Balaban J connectivity index is 2.66. The van der Waals surface area contributed by atoms with Crippen LogP contribution in [0.15, 0.2) is 18.3 Å². The summed E-state index contributed by atoms with van der Waals surface area (Å²) in [4.78, 5) is 24.3. The molecule has 0 fully saturated rings. The maximum atomic E-state index is 12.3. The van der Waals surface area contributed by atoms with E-state index in [0.29, 0.717) is 0 Å². The van der Waals surface area contributed by atoms with Gasteiger partial charge in [-0.05, 0) is 12.1 Å². The van der Waals surface area contributed by atoms with Crippen molar-refractivity contribution in [3.63, 3.8) is 0 Å². The first-order valence-electron chi connectivity index (χ1n) is 5.71. The van der Waals surface area contributed by atoms with Crippen molar-refractivity contribution >= 4 is 11.9 Å². The van der Waals surface area contributed by atoms with E-state index in [0.717, 1.165) is 0 Å². The van der Waals surface area contributed by atoms with Gasteiger partial charge < -0.3 is 14.2 Å². The summed E-state index contributed by atoms with van der Waals surface area (Å²) in [6.45, 7) is -0.357. The maximum absolute atomic E-state index is 12.3. The standard InChI is InChI=1S/C12H16F2N2O3/c1-15(7-5-11(17)19-2)12(18)9-4-3-6-16(9)8-10(13)14/h3-4,6,10H,5,7-8H2,1-2H3. The van der Waals surface area contributed by atoms with Crippen molar-refractivity contribution in [3.05, 3.63) is 24.0 Å². The first-order chi connectivity index (χ1) is 8.95. The zero-order valence-corrected chi connectivity index (χ0v) is 10.8. The number of alkyl halides is 2. The van der Waals surface area contributed by atoms with Crippen LogP contribution in [0, 0.1) is 0 Å². The number of esters is 1. The number of amides is 1. The third-order valence-corrected chi connectivity index (χ3v) is 2.61. The molecule has 106 valence electrons. The van der Waals surface area contributed by atoms with Crippen LogP contribution in [0.1, 0.15) is 16.9 Å². The van der Waals surface area contributed by atoms with Gasteiger partial charge in [-0.3, -0.25) is 9.59 Å². The van der Waals surface area contributed by atoms with Crippen LogP contribution in [0.4, 0.5) is 8.78 Å². The fourth-order valence-corrected chi connectivity index (χ4v) is 1.57. The number of halogens is 2. The van der Waals surface area contributed by atoms with Gasteiger partial charge in [-0.25, -0.2) is 8.78 Å². The lowest BCUT2D eigenvalue weighted by molar-refractivity contribution is -0.140. The second-order valence-corrected chi connectivity index (χ2v) is 3.99. The van der Waals surface area contributed by atoms with Crippen molar-refractivity contribution in [2.45, 2.75) is 19.4 Å². The number of carbonyl (C=O) groups is 2. The van der Waals surface area contributed by atoms with Gasteiger partial charge in [0.1, 0.15) is 5.69 Å². The number of methoxy groups -OCH3 is 1. The van der Waals surface area contributed by atoms with Crippen molar-refractivity contribution < 1.29 is 23.1 Å². The normalized spacial score (nSPS) is 10.6. The third kappa shape index (κ3) is 4.35. The van der Waals surface area contributed by atoms with Crippen LogP contribution in [0.5, 0.6) is 0 Å². The molecule has 1 rings (SSSR count). The van der Waals surface area contributed by atoms with Crippen molar-refractivity contribution in [2.75, 3.05) is 20.7 Å². The molecule has 1 aromatic rings. The van der Waals surface area contributed by atoms with Gasteiger partial charge in [-0.1, -0.05) is 0 Å². The predicted molar refractivity (Wildman–Crippen MR) is 64.0 cm³/mol. The van der Waals surface area contributed by atoms with Gasteiger partial charge >= 0.3 is 5.97 Å². The van der Waals surface area contributed by atoms with E-state index in [4.69, 9.17) is 0 Å². The Morgan fingerprint density at radius 2 is 2.16 bits per heavy atom. The van der Waals surface area contributed by atoms with E-state index in [1.54, 1.807) is 0 Å². The van der Waals surface area contributed by atoms with E-state index in [9.17, 15) is 18.4 Å². The summed E-state index contributed by atoms with van der Waals surface area (Å²) in [5.74, 6) is -0.836. The third-order valence-electron chi connectivity index (χ3n) is 2.61. The van der Waals surface area contributed by atoms with Crippen molar-refractivity contribution in [1.82, 2.24) is 9.47 Å². The molecule has 0 N–H and O–H groups in total. The number of carbonyl (C=O) groups excluding carboxylic acids is 2. The zero-order valence-electron chi connectivity index (χ0n) is 10.8. The fourth-order valence-electron chi connectivity index (χ4n) is 1.57. The molecule has 0 bridgehead atoms. The van der Waals surface area contributed by atoms with Crippen molar-refractivity contribution in [2.24, 2.45) is 0 Å². The molecule has 1 heterocycles. The molecule has 5 nitrogen and oxygen atoms in total. The minimum Gasteiger partial charge on any atom is -0.469 e. The van der Waals surface area contributed by atoms with Crippen molar-refractivity contribution in [3.8, 4) is 0 Å². The van der Waals surface area contributed by atoms with Gasteiger partial charge in [-0.15, -0.1) is 0 Å². The lowest BCUT2D eigenvalue weighted by atomic mass is 10.3. The van der Waals surface area contributed by atoms with Gasteiger partial charge in [-0.2, -0.15) is 0 Å². The number of nitrogens with zero attached hydrogens (tertiary/aromatic N) is 2. The molecule has 1 aromatic heterocycles. The van der Waals surface area contributed by atoms with Gasteiger partial charge in [0, 0.05) is 19.8 Å². The Morgan fingerprint density at radius 1 is 1.47 bits per heavy atom. The average Bonchev–Trinajstić information content (AvgIpc) is 2.81. The molecule has 0 radical (unpaired) electrons. The van der Waals surface area contributed by atoms with Gasteiger partial charge in [0.15, 0.2) is 0 Å². The Kier molecular flexibility index (Phi) is 5.47. The molecule has 0 saturated carbocycles. The van der Waals surface area contributed by atoms with E-state index >= 15 is 0 Å². The highest BCUT2D eigenvalue weighted by atomic mass is 19.3. The summed E-state index contributed by atoms with van der Waals surface area (Å²) in [7, 11) is 2.77. The van der Waals surface area contributed by atoms with Gasteiger partial charge in [0.25, 0.3) is 12.3 Å². The Morgan fingerprint density at radius 3 is 2.74 bits per heavy atom. The maximum Gasteiger partial charge on any atom is 0.307 e. The summed E-state index contributed by atoms with van der Waals surface area (Å²) < 4.78 is 30.3. The van der Waals surface area contributed by atoms with Crippen LogP contribution in [-0.2, 0) is 16.1 Å². The predicted octanol–water partition coefficient (Wildman–Crippen LogP) is 1.39. The fraction of sp³-hybridized carbons (Fsp3) is 0.500. The highest BCUT2D eigenvalue weighted by Crippen LogP contribution is 2.09. The summed E-state index contributed by atoms with van der Waals surface area (Å²) in [6, 6.07) is 3.00. The van der Waals surface area contributed by atoms with Crippen LogP contribution < -0.4 is 0 Å². The van der Waals surface area contributed by atoms with Crippen LogP contribution in [0.3, 0.4) is 0 Å². The van der Waals surface area contributed by atoms with E-state index in [2.05, 4.69) is 4.74 Å². The lowest BCUT2D eigenvalue weighted by Gasteiger charge is -2.17. The number of aromatic nitrogens is 1. The van der Waals surface area contributed by atoms with E-state index in [1.807, 2.05) is 0 Å². The quantitative estimate of drug-likeness (QED) is 0.737. The molecule has 1 amide bonds. The number of hydrogen-bond acceptors (Lipinski definition) is 3. The summed E-state index contributed by atoms with van der Waals surface area (Å²) in [5, 5.41) is 0. The summed E-state index contributed by atoms with van der Waals surface area (Å²) in [6.07, 6.45) is -1.04. The smallest absolute Gasteiger partial charge is 0.307 e. The summed E-state index contributed by atoms with van der Waals surface area (Å²) in [5.41, 5.74) is 0.174. The summed E-state index contributed by atoms with van der Waals surface area (Å²) >= 11 is 0. The van der Waals surface area contributed by atoms with Crippen LogP contribution in [-0.4, -0.2) is 48.5 Å². The molecule has 0 aromatic carbocycles. The second-order valence-electron chi connectivity index (χ2n) is 3.99. The molecule has 0 atom stereocenters. The molecule has 0 aliphatic rings. The Hall–Kier alpha value is -1.92. The molecule has 0 saturated heterocycles. The minimum atomic E-state index is -2.53. The highest BCUT2D eigenvalue weighted by molar-refractivity contribution is 5.92. The molecule has 19 heavy (non-hydrogen) atoms. The number of hydrogen-bond donors (Lipinski definition) is 0. The molecule has 0 spiro atoms. The first kappa shape index (κ1) is 15.1. The SMILES string of the molecule is COC(=O)CCN(C)C(=O)c1cccn1CC(F)F. The Labute approximate surface area is 109 Å². The molecule has 0 aliphatic heterocycles. The molecule has 7 heteroatoms. The molecular formula is C12H16F2N2O3. The Bertz CT molecular complexity index is 446. The second kappa shape index (κ2) is 6.86. The number of ether oxygens (including phenoxy) is 1. The number of rotatable bonds is 6. The van der Waals surface area contributed by atoms with E-state index < -0.39 is 24.8 Å². The van der Waals surface area contributed by atoms with E-state index in [-0.39, 0.29) is 18.7 Å². The molecule has 0 aliphatic carbocycles.